The van der Waals surface area contributed by atoms with Gasteiger partial charge in [0.1, 0.15) is 0 Å². The number of hydrogen-bond acceptors (Lipinski definition) is 2. The summed E-state index contributed by atoms with van der Waals surface area (Å²) in [6.45, 7) is 6.56. The van der Waals surface area contributed by atoms with Gasteiger partial charge in [-0.15, -0.1) is 0 Å². The molecule has 0 spiro atoms. The Morgan fingerprint density at radius 1 is 1.22 bits per heavy atom. The van der Waals surface area contributed by atoms with Crippen molar-refractivity contribution in [2.45, 2.75) is 52.1 Å². The first-order valence-electron chi connectivity index (χ1n) is 8.91. The van der Waals surface area contributed by atoms with Crippen LogP contribution in [-0.4, -0.2) is 36.8 Å². The highest BCUT2D eigenvalue weighted by molar-refractivity contribution is 5.79. The number of aliphatic imine (C=N–C) groups is 1. The first-order valence-corrected chi connectivity index (χ1v) is 8.91. The van der Waals surface area contributed by atoms with E-state index in [1.165, 1.54) is 25.7 Å². The molecule has 0 aromatic heterocycles. The molecular formula is C19H31N3O. The minimum atomic E-state index is -0.412. The van der Waals surface area contributed by atoms with Gasteiger partial charge in [-0.1, -0.05) is 43.7 Å². The number of guanidine groups is 1. The summed E-state index contributed by atoms with van der Waals surface area (Å²) in [4.78, 5) is 4.74. The quantitative estimate of drug-likeness (QED) is 0.510. The van der Waals surface area contributed by atoms with E-state index in [9.17, 15) is 5.11 Å². The van der Waals surface area contributed by atoms with Gasteiger partial charge < -0.3 is 15.7 Å². The van der Waals surface area contributed by atoms with E-state index in [1.807, 2.05) is 30.3 Å². The number of rotatable bonds is 8. The van der Waals surface area contributed by atoms with Crippen LogP contribution >= 0.6 is 0 Å². The van der Waals surface area contributed by atoms with Gasteiger partial charge in [-0.3, -0.25) is 4.99 Å². The number of hydrogen-bond donors (Lipinski definition) is 3. The first-order chi connectivity index (χ1) is 11.2. The van der Waals surface area contributed by atoms with Crippen LogP contribution in [0, 0.1) is 5.41 Å². The van der Waals surface area contributed by atoms with Gasteiger partial charge in [0, 0.05) is 26.1 Å². The molecule has 0 heterocycles. The van der Waals surface area contributed by atoms with Crippen LogP contribution in [0.5, 0.6) is 0 Å². The number of benzene rings is 1. The highest BCUT2D eigenvalue weighted by atomic mass is 16.3. The van der Waals surface area contributed by atoms with E-state index in [4.69, 9.17) is 4.99 Å². The Balaban J connectivity index is 1.81. The summed E-state index contributed by atoms with van der Waals surface area (Å²) in [7, 11) is 0. The maximum Gasteiger partial charge on any atom is 0.191 e. The molecule has 0 radical (unpaired) electrons. The monoisotopic (exact) mass is 317 g/mol. The second-order valence-corrected chi connectivity index (χ2v) is 6.63. The molecule has 1 fully saturated rings. The Bertz CT molecular complexity index is 477. The Morgan fingerprint density at radius 2 is 1.96 bits per heavy atom. The van der Waals surface area contributed by atoms with E-state index in [-0.39, 0.29) is 0 Å². The summed E-state index contributed by atoms with van der Waals surface area (Å²) < 4.78 is 0. The third-order valence-corrected chi connectivity index (χ3v) is 4.90. The maximum absolute atomic E-state index is 10.2. The van der Waals surface area contributed by atoms with E-state index < -0.39 is 6.10 Å². The Kier molecular flexibility index (Phi) is 6.90. The standard InChI is InChI=1S/C19H31N3O/c1-3-19(11-8-12-19)15-22-18(20-4-2)21-14-17(23)13-16-9-6-5-7-10-16/h5-7,9-10,17,23H,3-4,8,11-15H2,1-2H3,(H2,20,21,22). The van der Waals surface area contributed by atoms with Crippen LogP contribution in [-0.2, 0) is 6.42 Å². The molecule has 1 aromatic rings. The van der Waals surface area contributed by atoms with Gasteiger partial charge in [0.25, 0.3) is 0 Å². The van der Waals surface area contributed by atoms with Gasteiger partial charge in [0.2, 0.25) is 0 Å². The molecule has 128 valence electrons. The number of nitrogens with zero attached hydrogens (tertiary/aromatic N) is 1. The molecule has 3 N–H and O–H groups in total. The first kappa shape index (κ1) is 17.8. The lowest BCUT2D eigenvalue weighted by molar-refractivity contribution is 0.139. The van der Waals surface area contributed by atoms with Gasteiger partial charge in [-0.2, -0.15) is 0 Å². The second kappa shape index (κ2) is 8.92. The molecule has 23 heavy (non-hydrogen) atoms. The average Bonchev–Trinajstić information content (AvgIpc) is 2.53. The van der Waals surface area contributed by atoms with Gasteiger partial charge in [-0.25, -0.2) is 0 Å². The zero-order valence-corrected chi connectivity index (χ0v) is 14.5. The minimum Gasteiger partial charge on any atom is -0.391 e. The van der Waals surface area contributed by atoms with Crippen LogP contribution in [0.1, 0.15) is 45.1 Å². The molecule has 1 atom stereocenters. The molecule has 1 aromatic carbocycles. The molecule has 1 aliphatic carbocycles. The smallest absolute Gasteiger partial charge is 0.191 e. The van der Waals surface area contributed by atoms with E-state index >= 15 is 0 Å². The van der Waals surface area contributed by atoms with Crippen LogP contribution in [0.15, 0.2) is 35.3 Å². The van der Waals surface area contributed by atoms with Crippen molar-refractivity contribution in [2.24, 2.45) is 10.4 Å². The zero-order valence-electron chi connectivity index (χ0n) is 14.5. The lowest BCUT2D eigenvalue weighted by Gasteiger charge is -2.40. The zero-order chi connectivity index (χ0) is 16.5. The summed E-state index contributed by atoms with van der Waals surface area (Å²) in [6, 6.07) is 10.1. The van der Waals surface area contributed by atoms with Crippen molar-refractivity contribution in [1.29, 1.82) is 0 Å². The van der Waals surface area contributed by atoms with Gasteiger partial charge in [0.15, 0.2) is 5.96 Å². The molecule has 4 heteroatoms. The maximum atomic E-state index is 10.2. The van der Waals surface area contributed by atoms with Crippen LogP contribution in [0.4, 0.5) is 0 Å². The summed E-state index contributed by atoms with van der Waals surface area (Å²) in [5, 5.41) is 16.8. The van der Waals surface area contributed by atoms with Crippen molar-refractivity contribution in [1.82, 2.24) is 10.6 Å². The van der Waals surface area contributed by atoms with Crippen molar-refractivity contribution in [3.63, 3.8) is 0 Å². The minimum absolute atomic E-state index is 0.412. The summed E-state index contributed by atoms with van der Waals surface area (Å²) in [6.07, 6.45) is 5.37. The fourth-order valence-corrected chi connectivity index (χ4v) is 3.06. The van der Waals surface area contributed by atoms with Crippen LogP contribution in [0.2, 0.25) is 0 Å². The molecule has 0 aliphatic heterocycles. The highest BCUT2D eigenvalue weighted by Crippen LogP contribution is 2.43. The largest absolute Gasteiger partial charge is 0.391 e. The normalized spacial score (nSPS) is 18.1. The topological polar surface area (TPSA) is 56.7 Å². The molecular weight excluding hydrogens is 286 g/mol. The van der Waals surface area contributed by atoms with Gasteiger partial charge in [0.05, 0.1) is 6.10 Å². The van der Waals surface area contributed by atoms with Crippen LogP contribution in [0.25, 0.3) is 0 Å². The van der Waals surface area contributed by atoms with Crippen LogP contribution in [0.3, 0.4) is 0 Å². The predicted molar refractivity (Wildman–Crippen MR) is 96.7 cm³/mol. The summed E-state index contributed by atoms with van der Waals surface area (Å²) in [5.74, 6) is 0.819. The Hall–Kier alpha value is -1.55. The van der Waals surface area contributed by atoms with E-state index in [1.54, 1.807) is 0 Å². The van der Waals surface area contributed by atoms with E-state index in [0.29, 0.717) is 18.4 Å². The van der Waals surface area contributed by atoms with Crippen molar-refractivity contribution in [3.8, 4) is 0 Å². The molecule has 2 rings (SSSR count). The van der Waals surface area contributed by atoms with Crippen molar-refractivity contribution in [3.05, 3.63) is 35.9 Å². The number of aliphatic hydroxyl groups is 1. The highest BCUT2D eigenvalue weighted by Gasteiger charge is 2.34. The lowest BCUT2D eigenvalue weighted by Crippen LogP contribution is -2.43. The third-order valence-electron chi connectivity index (χ3n) is 4.90. The van der Waals surface area contributed by atoms with E-state index in [2.05, 4.69) is 24.5 Å². The molecule has 1 aliphatic rings. The summed E-state index contributed by atoms with van der Waals surface area (Å²) in [5.41, 5.74) is 1.58. The van der Waals surface area contributed by atoms with Gasteiger partial charge >= 0.3 is 0 Å². The number of nitrogens with one attached hydrogen (secondary N) is 2. The van der Waals surface area contributed by atoms with Crippen LogP contribution < -0.4 is 10.6 Å². The predicted octanol–water partition coefficient (Wildman–Crippen LogP) is 2.73. The van der Waals surface area contributed by atoms with Crippen molar-refractivity contribution >= 4 is 5.96 Å². The molecule has 1 unspecified atom stereocenters. The SMILES string of the molecule is CCNC(=NCC1(CC)CCC1)NCC(O)Cc1ccccc1. The Morgan fingerprint density at radius 3 is 2.52 bits per heavy atom. The fourth-order valence-electron chi connectivity index (χ4n) is 3.06. The second-order valence-electron chi connectivity index (χ2n) is 6.63. The van der Waals surface area contributed by atoms with Crippen molar-refractivity contribution < 1.29 is 5.11 Å². The van der Waals surface area contributed by atoms with E-state index in [0.717, 1.165) is 24.6 Å². The Labute approximate surface area is 140 Å². The molecule has 0 saturated heterocycles. The lowest BCUT2D eigenvalue weighted by atomic mass is 9.67. The fraction of sp³-hybridized carbons (Fsp3) is 0.632. The third kappa shape index (κ3) is 5.54. The van der Waals surface area contributed by atoms with Gasteiger partial charge in [-0.05, 0) is 37.2 Å². The summed E-state index contributed by atoms with van der Waals surface area (Å²) >= 11 is 0. The molecule has 0 bridgehead atoms. The molecule has 0 amide bonds. The molecule has 1 saturated carbocycles. The number of aliphatic hydroxyl groups excluding tert-OH is 1. The molecule has 4 nitrogen and oxygen atoms in total. The van der Waals surface area contributed by atoms with Crippen molar-refractivity contribution in [2.75, 3.05) is 19.6 Å². The average molecular weight is 317 g/mol.